The van der Waals surface area contributed by atoms with E-state index in [0.717, 1.165) is 25.8 Å². The molecule has 1 amide bonds. The van der Waals surface area contributed by atoms with E-state index >= 15 is 0 Å². The summed E-state index contributed by atoms with van der Waals surface area (Å²) in [4.78, 5) is 11.7. The average Bonchev–Trinajstić information content (AvgIpc) is 2.18. The molecular formula is C10H22N2O. The zero-order chi connectivity index (χ0) is 10.3. The van der Waals surface area contributed by atoms with E-state index in [2.05, 4.69) is 5.32 Å². The van der Waals surface area contributed by atoms with E-state index < -0.39 is 0 Å². The quantitative estimate of drug-likeness (QED) is 0.656. The minimum atomic E-state index is -0.338. The molecule has 3 nitrogen and oxygen atoms in total. The van der Waals surface area contributed by atoms with Crippen LogP contribution in [0.15, 0.2) is 0 Å². The normalized spacial score (nSPS) is 11.4. The van der Waals surface area contributed by atoms with Gasteiger partial charge in [0.25, 0.3) is 0 Å². The van der Waals surface area contributed by atoms with Crippen LogP contribution in [0.3, 0.4) is 0 Å². The second-order valence-corrected chi connectivity index (χ2v) is 3.45. The molecule has 3 N–H and O–H groups in total. The van der Waals surface area contributed by atoms with Gasteiger partial charge in [-0.3, -0.25) is 4.79 Å². The Labute approximate surface area is 81.1 Å². The highest BCUT2D eigenvalue weighted by Crippen LogP contribution is 2.24. The van der Waals surface area contributed by atoms with E-state index in [4.69, 9.17) is 5.73 Å². The summed E-state index contributed by atoms with van der Waals surface area (Å²) in [5, 5.41) is 2.91. The SMILES string of the molecule is CCCNC(=O)C(CC)(CC)CN. The maximum Gasteiger partial charge on any atom is 0.227 e. The van der Waals surface area contributed by atoms with Crippen LogP contribution in [-0.4, -0.2) is 19.0 Å². The third-order valence-corrected chi connectivity index (χ3v) is 2.76. The van der Waals surface area contributed by atoms with Crippen LogP contribution in [0.2, 0.25) is 0 Å². The van der Waals surface area contributed by atoms with Gasteiger partial charge in [0.1, 0.15) is 0 Å². The fourth-order valence-electron chi connectivity index (χ4n) is 1.38. The monoisotopic (exact) mass is 186 g/mol. The van der Waals surface area contributed by atoms with Crippen LogP contribution in [-0.2, 0) is 4.79 Å². The summed E-state index contributed by atoms with van der Waals surface area (Å²) in [5.74, 6) is 0.113. The van der Waals surface area contributed by atoms with E-state index in [1.165, 1.54) is 0 Å². The molecule has 0 bridgehead atoms. The first-order valence-corrected chi connectivity index (χ1v) is 5.15. The van der Waals surface area contributed by atoms with Crippen LogP contribution < -0.4 is 11.1 Å². The third kappa shape index (κ3) is 2.99. The summed E-state index contributed by atoms with van der Waals surface area (Å²) < 4.78 is 0. The summed E-state index contributed by atoms with van der Waals surface area (Å²) in [7, 11) is 0. The minimum Gasteiger partial charge on any atom is -0.356 e. The first kappa shape index (κ1) is 12.4. The van der Waals surface area contributed by atoms with Gasteiger partial charge in [-0.05, 0) is 19.3 Å². The van der Waals surface area contributed by atoms with Gasteiger partial charge in [0.05, 0.1) is 5.41 Å². The Hall–Kier alpha value is -0.570. The molecule has 13 heavy (non-hydrogen) atoms. The van der Waals surface area contributed by atoms with Crippen LogP contribution >= 0.6 is 0 Å². The number of rotatable bonds is 6. The minimum absolute atomic E-state index is 0.113. The molecule has 3 heteroatoms. The molecule has 0 unspecified atom stereocenters. The Morgan fingerprint density at radius 2 is 1.85 bits per heavy atom. The summed E-state index contributed by atoms with van der Waals surface area (Å²) in [6, 6.07) is 0. The predicted octanol–water partition coefficient (Wildman–Crippen LogP) is 1.28. The molecule has 78 valence electrons. The van der Waals surface area contributed by atoms with E-state index in [9.17, 15) is 4.79 Å². The van der Waals surface area contributed by atoms with Crippen molar-refractivity contribution in [2.24, 2.45) is 11.1 Å². The van der Waals surface area contributed by atoms with Gasteiger partial charge in [-0.15, -0.1) is 0 Å². The molecular weight excluding hydrogens is 164 g/mol. The average molecular weight is 186 g/mol. The lowest BCUT2D eigenvalue weighted by Gasteiger charge is -2.28. The molecule has 0 heterocycles. The molecule has 0 radical (unpaired) electrons. The van der Waals surface area contributed by atoms with E-state index in [1.54, 1.807) is 0 Å². The topological polar surface area (TPSA) is 55.1 Å². The maximum atomic E-state index is 11.7. The number of nitrogens with two attached hydrogens (primary N) is 1. The zero-order valence-corrected chi connectivity index (χ0v) is 9.02. The number of nitrogens with one attached hydrogen (secondary N) is 1. The van der Waals surface area contributed by atoms with Crippen molar-refractivity contribution in [3.05, 3.63) is 0 Å². The Morgan fingerprint density at radius 1 is 1.31 bits per heavy atom. The second kappa shape index (κ2) is 5.97. The van der Waals surface area contributed by atoms with Crippen LogP contribution in [0.1, 0.15) is 40.0 Å². The van der Waals surface area contributed by atoms with Crippen molar-refractivity contribution in [1.29, 1.82) is 0 Å². The van der Waals surface area contributed by atoms with Crippen molar-refractivity contribution in [3.63, 3.8) is 0 Å². The molecule has 0 atom stereocenters. The number of carbonyl (C=O) groups excluding carboxylic acids is 1. The lowest BCUT2D eigenvalue weighted by Crippen LogP contribution is -2.45. The van der Waals surface area contributed by atoms with Crippen molar-refractivity contribution in [2.75, 3.05) is 13.1 Å². The van der Waals surface area contributed by atoms with Crippen LogP contribution in [0.25, 0.3) is 0 Å². The van der Waals surface area contributed by atoms with Gasteiger partial charge in [-0.1, -0.05) is 20.8 Å². The highest BCUT2D eigenvalue weighted by atomic mass is 16.2. The van der Waals surface area contributed by atoms with Crippen LogP contribution in [0, 0.1) is 5.41 Å². The number of hydrogen-bond donors (Lipinski definition) is 2. The molecule has 0 aliphatic carbocycles. The van der Waals surface area contributed by atoms with Crippen LogP contribution in [0.5, 0.6) is 0 Å². The van der Waals surface area contributed by atoms with Gasteiger partial charge < -0.3 is 11.1 Å². The van der Waals surface area contributed by atoms with Crippen molar-refractivity contribution in [1.82, 2.24) is 5.32 Å². The molecule has 0 saturated heterocycles. The van der Waals surface area contributed by atoms with Crippen molar-refractivity contribution in [2.45, 2.75) is 40.0 Å². The molecule has 0 fully saturated rings. The zero-order valence-electron chi connectivity index (χ0n) is 9.02. The van der Waals surface area contributed by atoms with Gasteiger partial charge in [0, 0.05) is 13.1 Å². The van der Waals surface area contributed by atoms with Gasteiger partial charge in [0.15, 0.2) is 0 Å². The lowest BCUT2D eigenvalue weighted by atomic mass is 9.81. The Kier molecular flexibility index (Phi) is 5.71. The van der Waals surface area contributed by atoms with E-state index in [1.807, 2.05) is 20.8 Å². The van der Waals surface area contributed by atoms with Gasteiger partial charge in [-0.2, -0.15) is 0 Å². The fraction of sp³-hybridized carbons (Fsp3) is 0.900. The Balaban J connectivity index is 4.26. The Bertz CT molecular complexity index is 145. The van der Waals surface area contributed by atoms with Gasteiger partial charge in [-0.25, -0.2) is 0 Å². The molecule has 0 saturated carbocycles. The largest absolute Gasteiger partial charge is 0.356 e. The fourth-order valence-corrected chi connectivity index (χ4v) is 1.38. The highest BCUT2D eigenvalue weighted by Gasteiger charge is 2.32. The summed E-state index contributed by atoms with van der Waals surface area (Å²) >= 11 is 0. The predicted molar refractivity (Wildman–Crippen MR) is 55.4 cm³/mol. The Morgan fingerprint density at radius 3 is 2.15 bits per heavy atom. The standard InChI is InChI=1S/C10H22N2O/c1-4-7-12-9(13)10(5-2,6-3)8-11/h4-8,11H2,1-3H3,(H,12,13). The first-order valence-electron chi connectivity index (χ1n) is 5.15. The molecule has 0 spiro atoms. The molecule has 0 aliphatic heterocycles. The summed E-state index contributed by atoms with van der Waals surface area (Å²) in [6.45, 7) is 7.27. The van der Waals surface area contributed by atoms with Crippen molar-refractivity contribution < 1.29 is 4.79 Å². The van der Waals surface area contributed by atoms with Crippen LogP contribution in [0.4, 0.5) is 0 Å². The first-order chi connectivity index (χ1) is 6.16. The molecule has 0 rings (SSSR count). The highest BCUT2D eigenvalue weighted by molar-refractivity contribution is 5.82. The molecule has 0 aliphatic rings. The smallest absolute Gasteiger partial charge is 0.227 e. The second-order valence-electron chi connectivity index (χ2n) is 3.45. The molecule has 0 aromatic rings. The summed E-state index contributed by atoms with van der Waals surface area (Å²) in [6.07, 6.45) is 2.60. The van der Waals surface area contributed by atoms with Gasteiger partial charge >= 0.3 is 0 Å². The molecule has 0 aromatic heterocycles. The number of amides is 1. The van der Waals surface area contributed by atoms with E-state index in [-0.39, 0.29) is 11.3 Å². The van der Waals surface area contributed by atoms with Crippen molar-refractivity contribution >= 4 is 5.91 Å². The lowest BCUT2D eigenvalue weighted by molar-refractivity contribution is -0.131. The number of carbonyl (C=O) groups is 1. The maximum absolute atomic E-state index is 11.7. The number of hydrogen-bond acceptors (Lipinski definition) is 2. The van der Waals surface area contributed by atoms with E-state index in [0.29, 0.717) is 6.54 Å². The summed E-state index contributed by atoms with van der Waals surface area (Å²) in [5.41, 5.74) is 5.30. The third-order valence-electron chi connectivity index (χ3n) is 2.76. The van der Waals surface area contributed by atoms with Crippen molar-refractivity contribution in [3.8, 4) is 0 Å². The molecule has 0 aromatic carbocycles. The van der Waals surface area contributed by atoms with Gasteiger partial charge in [0.2, 0.25) is 5.91 Å².